The van der Waals surface area contributed by atoms with Crippen molar-refractivity contribution in [1.82, 2.24) is 4.90 Å². The average molecular weight is 248 g/mol. The summed E-state index contributed by atoms with van der Waals surface area (Å²) in [6.07, 6.45) is 9.11. The van der Waals surface area contributed by atoms with E-state index in [1.807, 2.05) is 0 Å². The third-order valence-corrected chi connectivity index (χ3v) is 6.92. The first-order valence-corrected chi connectivity index (χ1v) is 8.09. The van der Waals surface area contributed by atoms with E-state index in [0.717, 1.165) is 36.1 Å². The minimum absolute atomic E-state index is 0.483. The Morgan fingerprint density at radius 3 is 2.11 bits per heavy atom. The molecule has 2 N–H and O–H groups in total. The van der Waals surface area contributed by atoms with Crippen LogP contribution in [0.1, 0.15) is 38.5 Å². The van der Waals surface area contributed by atoms with Crippen molar-refractivity contribution in [2.45, 2.75) is 38.5 Å². The number of likely N-dealkylation sites (tertiary alicyclic amines) is 1. The summed E-state index contributed by atoms with van der Waals surface area (Å²) in [7, 11) is 2.29. The zero-order valence-corrected chi connectivity index (χ0v) is 11.8. The lowest BCUT2D eigenvalue weighted by molar-refractivity contribution is -0.0907. The molecule has 1 atom stereocenters. The standard InChI is InChI=1S/C16H28N2/c1-18-3-2-16(9-17,10-18)15-13-5-11-4-12(7-13)8-14(15)6-11/h11-15H,2-10,17H2,1H3. The highest BCUT2D eigenvalue weighted by Gasteiger charge is 2.56. The molecule has 2 nitrogen and oxygen atoms in total. The van der Waals surface area contributed by atoms with Crippen molar-refractivity contribution < 1.29 is 0 Å². The smallest absolute Gasteiger partial charge is 0.00504 e. The van der Waals surface area contributed by atoms with Crippen molar-refractivity contribution in [1.29, 1.82) is 0 Å². The first kappa shape index (κ1) is 11.7. The number of nitrogens with zero attached hydrogens (tertiary/aromatic N) is 1. The lowest BCUT2D eigenvalue weighted by Gasteiger charge is -2.59. The Balaban J connectivity index is 1.64. The molecule has 1 heterocycles. The zero-order valence-electron chi connectivity index (χ0n) is 11.8. The highest BCUT2D eigenvalue weighted by molar-refractivity contribution is 5.07. The molecule has 1 aliphatic heterocycles. The molecule has 18 heavy (non-hydrogen) atoms. The van der Waals surface area contributed by atoms with Crippen molar-refractivity contribution in [2.75, 3.05) is 26.7 Å². The van der Waals surface area contributed by atoms with E-state index in [9.17, 15) is 0 Å². The van der Waals surface area contributed by atoms with Gasteiger partial charge in [0.1, 0.15) is 0 Å². The molecule has 0 aromatic heterocycles. The van der Waals surface area contributed by atoms with Crippen LogP contribution in [0.3, 0.4) is 0 Å². The first-order chi connectivity index (χ1) is 8.70. The monoisotopic (exact) mass is 248 g/mol. The highest BCUT2D eigenvalue weighted by Crippen LogP contribution is 2.62. The molecule has 0 amide bonds. The second kappa shape index (κ2) is 3.96. The summed E-state index contributed by atoms with van der Waals surface area (Å²) in [5.41, 5.74) is 6.77. The fraction of sp³-hybridized carbons (Fsp3) is 1.00. The molecule has 0 aromatic rings. The minimum atomic E-state index is 0.483. The maximum atomic E-state index is 6.28. The van der Waals surface area contributed by atoms with E-state index in [2.05, 4.69) is 11.9 Å². The molecule has 5 rings (SSSR count). The van der Waals surface area contributed by atoms with E-state index < -0.39 is 0 Å². The van der Waals surface area contributed by atoms with Crippen LogP contribution in [0.15, 0.2) is 0 Å². The Morgan fingerprint density at radius 2 is 1.67 bits per heavy atom. The lowest BCUT2D eigenvalue weighted by Crippen LogP contribution is -2.54. The second-order valence-electron chi connectivity index (χ2n) is 8.01. The molecule has 1 saturated heterocycles. The van der Waals surface area contributed by atoms with Gasteiger partial charge in [-0.3, -0.25) is 0 Å². The van der Waals surface area contributed by atoms with Gasteiger partial charge in [0.05, 0.1) is 0 Å². The van der Waals surface area contributed by atoms with Gasteiger partial charge in [0.2, 0.25) is 0 Å². The Morgan fingerprint density at radius 1 is 1.06 bits per heavy atom. The fourth-order valence-corrected chi connectivity index (χ4v) is 6.61. The van der Waals surface area contributed by atoms with Crippen LogP contribution >= 0.6 is 0 Å². The van der Waals surface area contributed by atoms with Gasteiger partial charge in [0.15, 0.2) is 0 Å². The summed E-state index contributed by atoms with van der Waals surface area (Å²) in [5, 5.41) is 0. The van der Waals surface area contributed by atoms with Crippen LogP contribution in [-0.2, 0) is 0 Å². The SMILES string of the molecule is CN1CCC(CN)(C2C3CC4CC(C3)CC2C4)C1. The van der Waals surface area contributed by atoms with Crippen LogP contribution < -0.4 is 5.73 Å². The van der Waals surface area contributed by atoms with Gasteiger partial charge in [-0.05, 0) is 93.7 Å². The number of hydrogen-bond donors (Lipinski definition) is 1. The van der Waals surface area contributed by atoms with Crippen LogP contribution in [0, 0.1) is 35.0 Å². The van der Waals surface area contributed by atoms with Crippen LogP contribution in [0.4, 0.5) is 0 Å². The van der Waals surface area contributed by atoms with Crippen LogP contribution in [0.2, 0.25) is 0 Å². The van der Waals surface area contributed by atoms with Gasteiger partial charge in [-0.25, -0.2) is 0 Å². The highest BCUT2D eigenvalue weighted by atomic mass is 15.1. The van der Waals surface area contributed by atoms with Crippen LogP contribution in [0.5, 0.6) is 0 Å². The summed E-state index contributed by atoms with van der Waals surface area (Å²) < 4.78 is 0. The molecule has 102 valence electrons. The minimum Gasteiger partial charge on any atom is -0.330 e. The van der Waals surface area contributed by atoms with E-state index >= 15 is 0 Å². The van der Waals surface area contributed by atoms with Crippen molar-refractivity contribution in [2.24, 2.45) is 40.7 Å². The Kier molecular flexibility index (Phi) is 2.58. The van der Waals surface area contributed by atoms with E-state index in [-0.39, 0.29) is 0 Å². The molecule has 2 heteroatoms. The molecule has 0 spiro atoms. The normalized spacial score (nSPS) is 55.3. The zero-order chi connectivity index (χ0) is 12.3. The van der Waals surface area contributed by atoms with E-state index in [4.69, 9.17) is 5.73 Å². The molecule has 0 radical (unpaired) electrons. The van der Waals surface area contributed by atoms with E-state index in [1.165, 1.54) is 19.5 Å². The van der Waals surface area contributed by atoms with Gasteiger partial charge in [-0.2, -0.15) is 0 Å². The average Bonchev–Trinajstić information content (AvgIpc) is 2.71. The maximum Gasteiger partial charge on any atom is 0.00504 e. The molecule has 0 aromatic carbocycles. The van der Waals surface area contributed by atoms with Gasteiger partial charge in [0, 0.05) is 6.54 Å². The van der Waals surface area contributed by atoms with E-state index in [0.29, 0.717) is 5.41 Å². The Labute approximate surface area is 111 Å². The van der Waals surface area contributed by atoms with Crippen molar-refractivity contribution in [3.63, 3.8) is 0 Å². The summed E-state index contributed by atoms with van der Waals surface area (Å²) in [5.74, 6) is 5.24. The Bertz CT molecular complexity index is 312. The quantitative estimate of drug-likeness (QED) is 0.813. The third-order valence-electron chi connectivity index (χ3n) is 6.92. The molecular weight excluding hydrogens is 220 g/mol. The summed E-state index contributed by atoms with van der Waals surface area (Å²) in [6.45, 7) is 3.49. The fourth-order valence-electron chi connectivity index (χ4n) is 6.61. The molecule has 4 aliphatic carbocycles. The number of rotatable bonds is 2. The van der Waals surface area contributed by atoms with Gasteiger partial charge >= 0.3 is 0 Å². The van der Waals surface area contributed by atoms with Crippen molar-refractivity contribution >= 4 is 0 Å². The van der Waals surface area contributed by atoms with Gasteiger partial charge < -0.3 is 10.6 Å². The lowest BCUT2D eigenvalue weighted by atomic mass is 9.46. The van der Waals surface area contributed by atoms with Gasteiger partial charge in [-0.1, -0.05) is 0 Å². The predicted molar refractivity (Wildman–Crippen MR) is 74.1 cm³/mol. The molecule has 4 bridgehead atoms. The first-order valence-electron chi connectivity index (χ1n) is 8.09. The molecular formula is C16H28N2. The number of hydrogen-bond acceptors (Lipinski definition) is 2. The Hall–Kier alpha value is -0.0800. The van der Waals surface area contributed by atoms with Crippen LogP contribution in [-0.4, -0.2) is 31.6 Å². The van der Waals surface area contributed by atoms with Crippen molar-refractivity contribution in [3.8, 4) is 0 Å². The van der Waals surface area contributed by atoms with E-state index in [1.54, 1.807) is 32.1 Å². The topological polar surface area (TPSA) is 29.3 Å². The molecule has 1 unspecified atom stereocenters. The maximum absolute atomic E-state index is 6.28. The predicted octanol–water partition coefficient (Wildman–Crippen LogP) is 2.34. The molecule has 4 saturated carbocycles. The van der Waals surface area contributed by atoms with Gasteiger partial charge in [-0.15, -0.1) is 0 Å². The largest absolute Gasteiger partial charge is 0.330 e. The summed E-state index contributed by atoms with van der Waals surface area (Å²) in [6, 6.07) is 0. The summed E-state index contributed by atoms with van der Waals surface area (Å²) in [4.78, 5) is 2.53. The molecule has 5 aliphatic rings. The van der Waals surface area contributed by atoms with Crippen molar-refractivity contribution in [3.05, 3.63) is 0 Å². The number of nitrogens with two attached hydrogens (primary N) is 1. The summed E-state index contributed by atoms with van der Waals surface area (Å²) >= 11 is 0. The third kappa shape index (κ3) is 1.54. The molecule has 5 fully saturated rings. The van der Waals surface area contributed by atoms with Crippen LogP contribution in [0.25, 0.3) is 0 Å². The second-order valence-corrected chi connectivity index (χ2v) is 8.01. The van der Waals surface area contributed by atoms with Gasteiger partial charge in [0.25, 0.3) is 0 Å².